The van der Waals surface area contributed by atoms with Crippen molar-refractivity contribution in [2.45, 2.75) is 25.0 Å². The zero-order chi connectivity index (χ0) is 21.7. The molecule has 3 amide bonds. The van der Waals surface area contributed by atoms with Gasteiger partial charge in [0.2, 0.25) is 5.91 Å². The molecule has 1 heterocycles. The van der Waals surface area contributed by atoms with Crippen LogP contribution in [0.15, 0.2) is 53.7 Å². The molecule has 0 aliphatic carbocycles. The van der Waals surface area contributed by atoms with Crippen LogP contribution in [0.1, 0.15) is 13.8 Å². The molecule has 2 aromatic carbocycles. The molecule has 0 unspecified atom stereocenters. The van der Waals surface area contributed by atoms with E-state index in [4.69, 9.17) is 0 Å². The van der Waals surface area contributed by atoms with Crippen molar-refractivity contribution in [1.29, 1.82) is 0 Å². The number of hydrogen-bond donors (Lipinski definition) is 2. The molecule has 2 N–H and O–H groups in total. The first-order valence-electron chi connectivity index (χ1n) is 9.04. The average molecular weight is 431 g/mol. The molecule has 0 saturated heterocycles. The predicted molar refractivity (Wildman–Crippen MR) is 109 cm³/mol. The van der Waals surface area contributed by atoms with Crippen LogP contribution < -0.4 is 10.6 Å². The van der Waals surface area contributed by atoms with Crippen molar-refractivity contribution in [3.8, 4) is 17.1 Å². The topological polar surface area (TPSA) is 88.9 Å². The van der Waals surface area contributed by atoms with E-state index in [1.54, 1.807) is 42.7 Å². The highest BCUT2D eigenvalue weighted by molar-refractivity contribution is 7.99. The number of rotatable bonds is 6. The van der Waals surface area contributed by atoms with Gasteiger partial charge < -0.3 is 5.32 Å². The third kappa shape index (κ3) is 5.41. The highest BCUT2D eigenvalue weighted by Crippen LogP contribution is 2.28. The lowest BCUT2D eigenvalue weighted by atomic mass is 10.2. The fourth-order valence-corrected chi connectivity index (χ4v) is 3.32. The van der Waals surface area contributed by atoms with Crippen molar-refractivity contribution in [3.05, 3.63) is 60.2 Å². The molecule has 10 heteroatoms. The monoisotopic (exact) mass is 431 g/mol. The summed E-state index contributed by atoms with van der Waals surface area (Å²) < 4.78 is 28.3. The summed E-state index contributed by atoms with van der Waals surface area (Å²) in [6.45, 7) is 3.56. The fraction of sp³-hybridized carbons (Fsp3) is 0.200. The Bertz CT molecular complexity index is 1040. The van der Waals surface area contributed by atoms with Crippen LogP contribution in [-0.2, 0) is 4.79 Å². The first-order chi connectivity index (χ1) is 14.3. The Morgan fingerprint density at radius 3 is 2.20 bits per heavy atom. The number of carbonyl (C=O) groups is 2. The Balaban J connectivity index is 1.85. The molecule has 0 saturated carbocycles. The second-order valence-corrected chi connectivity index (χ2v) is 7.53. The highest BCUT2D eigenvalue weighted by Gasteiger charge is 2.18. The van der Waals surface area contributed by atoms with E-state index in [9.17, 15) is 18.4 Å². The molecule has 30 heavy (non-hydrogen) atoms. The van der Waals surface area contributed by atoms with Crippen LogP contribution in [0.25, 0.3) is 17.1 Å². The third-order valence-corrected chi connectivity index (χ3v) is 4.75. The van der Waals surface area contributed by atoms with Crippen LogP contribution in [0.2, 0.25) is 0 Å². The lowest BCUT2D eigenvalue weighted by Crippen LogP contribution is -2.43. The summed E-state index contributed by atoms with van der Waals surface area (Å²) in [5.41, 5.74) is 1.17. The minimum Gasteiger partial charge on any atom is -0.336 e. The van der Waals surface area contributed by atoms with Crippen LogP contribution in [0.3, 0.4) is 0 Å². The Morgan fingerprint density at radius 2 is 1.60 bits per heavy atom. The number of hydrogen-bond acceptors (Lipinski definition) is 5. The number of imide groups is 1. The molecule has 0 spiro atoms. The van der Waals surface area contributed by atoms with Crippen molar-refractivity contribution >= 4 is 23.7 Å². The molecule has 0 radical (unpaired) electrons. The second-order valence-electron chi connectivity index (χ2n) is 6.59. The summed E-state index contributed by atoms with van der Waals surface area (Å²) in [6.07, 6.45) is 0. The van der Waals surface area contributed by atoms with Gasteiger partial charge in [0.05, 0.1) is 5.75 Å². The average Bonchev–Trinajstić information content (AvgIpc) is 3.11. The Labute approximate surface area is 175 Å². The first-order valence-corrected chi connectivity index (χ1v) is 10.0. The predicted octanol–water partition coefficient (Wildman–Crippen LogP) is 3.54. The van der Waals surface area contributed by atoms with E-state index in [1.165, 1.54) is 24.3 Å². The van der Waals surface area contributed by atoms with Crippen LogP contribution >= 0.6 is 11.8 Å². The van der Waals surface area contributed by atoms with Crippen molar-refractivity contribution in [3.63, 3.8) is 0 Å². The van der Waals surface area contributed by atoms with Crippen molar-refractivity contribution in [1.82, 2.24) is 25.4 Å². The normalized spacial score (nSPS) is 10.8. The zero-order valence-electron chi connectivity index (χ0n) is 16.2. The molecular weight excluding hydrogens is 412 g/mol. The maximum absolute atomic E-state index is 13.4. The summed E-state index contributed by atoms with van der Waals surface area (Å²) in [6, 6.07) is 10.7. The van der Waals surface area contributed by atoms with Gasteiger partial charge in [0.25, 0.3) is 0 Å². The highest BCUT2D eigenvalue weighted by atomic mass is 32.2. The van der Waals surface area contributed by atoms with Gasteiger partial charge in [-0.3, -0.25) is 14.7 Å². The summed E-state index contributed by atoms with van der Waals surface area (Å²) in [4.78, 5) is 23.7. The van der Waals surface area contributed by atoms with E-state index in [-0.39, 0.29) is 11.8 Å². The minimum absolute atomic E-state index is 0.0890. The number of halogens is 2. The van der Waals surface area contributed by atoms with E-state index < -0.39 is 23.6 Å². The van der Waals surface area contributed by atoms with Gasteiger partial charge in [-0.05, 0) is 62.4 Å². The number of nitrogens with zero attached hydrogens (tertiary/aromatic N) is 3. The Kier molecular flexibility index (Phi) is 6.78. The van der Waals surface area contributed by atoms with Gasteiger partial charge in [0.1, 0.15) is 11.6 Å². The molecule has 7 nitrogen and oxygen atoms in total. The number of aromatic nitrogens is 3. The third-order valence-electron chi connectivity index (χ3n) is 3.83. The van der Waals surface area contributed by atoms with Crippen molar-refractivity contribution in [2.75, 3.05) is 5.75 Å². The van der Waals surface area contributed by atoms with E-state index in [2.05, 4.69) is 20.8 Å². The van der Waals surface area contributed by atoms with E-state index in [0.29, 0.717) is 22.2 Å². The lowest BCUT2D eigenvalue weighted by molar-refractivity contribution is -0.117. The molecule has 0 fully saturated rings. The van der Waals surface area contributed by atoms with E-state index >= 15 is 0 Å². The number of carbonyl (C=O) groups excluding carboxylic acids is 2. The number of thioether (sulfide) groups is 1. The van der Waals surface area contributed by atoms with Gasteiger partial charge in [-0.1, -0.05) is 11.8 Å². The number of amides is 3. The summed E-state index contributed by atoms with van der Waals surface area (Å²) in [7, 11) is 0. The summed E-state index contributed by atoms with van der Waals surface area (Å²) >= 11 is 1.06. The smallest absolute Gasteiger partial charge is 0.321 e. The molecule has 156 valence electrons. The van der Waals surface area contributed by atoms with E-state index in [1.807, 2.05) is 0 Å². The minimum atomic E-state index is -0.581. The second kappa shape index (κ2) is 9.49. The maximum Gasteiger partial charge on any atom is 0.321 e. The number of benzene rings is 2. The van der Waals surface area contributed by atoms with Gasteiger partial charge in [-0.25, -0.2) is 13.6 Å². The number of nitrogens with one attached hydrogen (secondary N) is 2. The molecule has 0 bridgehead atoms. The Morgan fingerprint density at radius 1 is 1.00 bits per heavy atom. The molecule has 0 aliphatic rings. The van der Waals surface area contributed by atoms with E-state index in [0.717, 1.165) is 11.8 Å². The fourth-order valence-electron chi connectivity index (χ4n) is 2.56. The largest absolute Gasteiger partial charge is 0.336 e. The maximum atomic E-state index is 13.4. The molecule has 3 aromatic rings. The van der Waals surface area contributed by atoms with Gasteiger partial charge in [-0.2, -0.15) is 0 Å². The van der Waals surface area contributed by atoms with Crippen molar-refractivity contribution < 1.29 is 18.4 Å². The Hall–Kier alpha value is -3.27. The van der Waals surface area contributed by atoms with Crippen LogP contribution in [0.4, 0.5) is 13.6 Å². The molecule has 0 atom stereocenters. The summed E-state index contributed by atoms with van der Waals surface area (Å²) in [5, 5.41) is 13.4. The first kappa shape index (κ1) is 21.4. The van der Waals surface area contributed by atoms with Gasteiger partial charge >= 0.3 is 6.03 Å². The molecule has 1 aromatic heterocycles. The zero-order valence-corrected chi connectivity index (χ0v) is 17.0. The number of urea groups is 1. The quantitative estimate of drug-likeness (QED) is 0.583. The van der Waals surface area contributed by atoms with Crippen LogP contribution in [0.5, 0.6) is 0 Å². The van der Waals surface area contributed by atoms with Crippen LogP contribution in [0, 0.1) is 11.6 Å². The lowest BCUT2D eigenvalue weighted by Gasteiger charge is -2.11. The standard InChI is InChI=1S/C20H19F2N5O2S/c1-12(2)23-19(29)24-17(28)11-30-20-26-25-18(13-3-5-14(21)6-4-13)27(20)16-9-7-15(22)8-10-16/h3-10,12H,11H2,1-2H3,(H2,23,24,28,29). The molecule has 3 rings (SSSR count). The summed E-state index contributed by atoms with van der Waals surface area (Å²) in [5.74, 6) is -0.983. The van der Waals surface area contributed by atoms with Gasteiger partial charge in [0, 0.05) is 17.3 Å². The van der Waals surface area contributed by atoms with Gasteiger partial charge in [-0.15, -0.1) is 10.2 Å². The van der Waals surface area contributed by atoms with Crippen molar-refractivity contribution in [2.24, 2.45) is 0 Å². The molecular formula is C20H19F2N5O2S. The van der Waals surface area contributed by atoms with Crippen LogP contribution in [-0.4, -0.2) is 38.5 Å². The molecule has 0 aliphatic heterocycles. The van der Waals surface area contributed by atoms with Gasteiger partial charge in [0.15, 0.2) is 11.0 Å². The SMILES string of the molecule is CC(C)NC(=O)NC(=O)CSc1nnc(-c2ccc(F)cc2)n1-c1ccc(F)cc1.